The quantitative estimate of drug-likeness (QED) is 0.449. The summed E-state index contributed by atoms with van der Waals surface area (Å²) in [5, 5.41) is 0. The first-order valence-electron chi connectivity index (χ1n) is 8.39. The monoisotopic (exact) mass is 310 g/mol. The highest BCUT2D eigenvalue weighted by Crippen LogP contribution is 2.01. The van der Waals surface area contributed by atoms with Crippen LogP contribution in [0.15, 0.2) is 67.8 Å². The molecule has 23 heavy (non-hydrogen) atoms. The lowest BCUT2D eigenvalue weighted by atomic mass is 10.2. The van der Waals surface area contributed by atoms with Crippen molar-refractivity contribution in [2.75, 3.05) is 0 Å². The maximum Gasteiger partial charge on any atom is 0.244 e. The molecule has 0 fully saturated rings. The summed E-state index contributed by atoms with van der Waals surface area (Å²) in [4.78, 5) is 0. The van der Waals surface area contributed by atoms with Crippen molar-refractivity contribution in [1.82, 2.24) is 9.13 Å². The number of nitrogens with zero attached hydrogens (tertiary/aromatic N) is 4. The number of rotatable bonds is 8. The molecular formula is C19H26N4+2. The maximum atomic E-state index is 2.29. The lowest BCUT2D eigenvalue weighted by Crippen LogP contribution is -2.32. The van der Waals surface area contributed by atoms with E-state index in [1.54, 1.807) is 0 Å². The van der Waals surface area contributed by atoms with Gasteiger partial charge in [0.15, 0.2) is 0 Å². The van der Waals surface area contributed by atoms with Crippen LogP contribution in [-0.2, 0) is 26.7 Å². The molecule has 0 bridgehead atoms. The van der Waals surface area contributed by atoms with Crippen molar-refractivity contribution in [3.63, 3.8) is 0 Å². The van der Waals surface area contributed by atoms with Gasteiger partial charge in [0.2, 0.25) is 12.7 Å². The summed E-state index contributed by atoms with van der Waals surface area (Å²) >= 11 is 0. The molecule has 0 unspecified atom stereocenters. The minimum absolute atomic E-state index is 0.943. The fourth-order valence-corrected chi connectivity index (χ4v) is 2.86. The van der Waals surface area contributed by atoms with Crippen molar-refractivity contribution < 1.29 is 9.13 Å². The first kappa shape index (κ1) is 15.5. The van der Waals surface area contributed by atoms with Crippen LogP contribution in [0.4, 0.5) is 0 Å². The summed E-state index contributed by atoms with van der Waals surface area (Å²) in [6.07, 6.45) is 16.6. The standard InChI is InChI=1S/C19H26N4/c1-20-12-13-21(17-20)10-6-3-7-11-22-14-15-23(18-22)16-19-8-4-2-5-9-19/h2,4-5,8-9,12-15,17-18H,3,6-7,10-11,16H2,1H3/q+2. The van der Waals surface area contributed by atoms with Crippen LogP contribution in [0.2, 0.25) is 0 Å². The van der Waals surface area contributed by atoms with E-state index in [-0.39, 0.29) is 0 Å². The summed E-state index contributed by atoms with van der Waals surface area (Å²) < 4.78 is 8.88. The van der Waals surface area contributed by atoms with E-state index in [4.69, 9.17) is 0 Å². The second-order valence-corrected chi connectivity index (χ2v) is 6.19. The highest BCUT2D eigenvalue weighted by molar-refractivity contribution is 5.14. The molecule has 0 atom stereocenters. The Morgan fingerprint density at radius 2 is 1.52 bits per heavy atom. The molecule has 0 saturated heterocycles. The molecule has 0 aliphatic heterocycles. The Balaban J connectivity index is 1.37. The molecule has 0 N–H and O–H groups in total. The van der Waals surface area contributed by atoms with E-state index in [9.17, 15) is 0 Å². The number of aromatic nitrogens is 4. The summed E-state index contributed by atoms with van der Waals surface area (Å²) in [7, 11) is 2.06. The molecule has 4 nitrogen and oxygen atoms in total. The lowest BCUT2D eigenvalue weighted by molar-refractivity contribution is -0.700. The number of hydrogen-bond donors (Lipinski definition) is 0. The van der Waals surface area contributed by atoms with Crippen LogP contribution in [0, 0.1) is 0 Å². The third-order valence-corrected chi connectivity index (χ3v) is 4.11. The van der Waals surface area contributed by atoms with Crippen LogP contribution in [0.25, 0.3) is 0 Å². The van der Waals surface area contributed by atoms with Gasteiger partial charge in [-0.2, -0.15) is 0 Å². The van der Waals surface area contributed by atoms with Crippen molar-refractivity contribution in [3.8, 4) is 0 Å². The number of imidazole rings is 2. The van der Waals surface area contributed by atoms with Crippen molar-refractivity contribution in [3.05, 3.63) is 73.3 Å². The third-order valence-electron chi connectivity index (χ3n) is 4.11. The van der Waals surface area contributed by atoms with Crippen LogP contribution in [0.1, 0.15) is 24.8 Å². The number of hydrogen-bond acceptors (Lipinski definition) is 0. The summed E-state index contributed by atoms with van der Waals surface area (Å²) in [5.41, 5.74) is 1.34. The van der Waals surface area contributed by atoms with Crippen molar-refractivity contribution in [2.45, 2.75) is 38.9 Å². The van der Waals surface area contributed by atoms with Crippen LogP contribution in [0.5, 0.6) is 0 Å². The first-order valence-corrected chi connectivity index (χ1v) is 8.39. The minimum atomic E-state index is 0.943. The zero-order valence-corrected chi connectivity index (χ0v) is 13.9. The van der Waals surface area contributed by atoms with Crippen molar-refractivity contribution in [1.29, 1.82) is 0 Å². The van der Waals surface area contributed by atoms with Gasteiger partial charge < -0.3 is 0 Å². The van der Waals surface area contributed by atoms with E-state index in [2.05, 4.69) is 93.1 Å². The highest BCUT2D eigenvalue weighted by atomic mass is 15.1. The molecule has 3 aromatic rings. The highest BCUT2D eigenvalue weighted by Gasteiger charge is 2.05. The Kier molecular flexibility index (Phi) is 5.25. The summed E-state index contributed by atoms with van der Waals surface area (Å²) in [6.45, 7) is 3.15. The second kappa shape index (κ2) is 7.77. The number of aryl methyl sites for hydroxylation is 3. The van der Waals surface area contributed by atoms with Gasteiger partial charge in [-0.15, -0.1) is 0 Å². The second-order valence-electron chi connectivity index (χ2n) is 6.19. The van der Waals surface area contributed by atoms with E-state index in [1.807, 2.05) is 0 Å². The van der Waals surface area contributed by atoms with Crippen LogP contribution in [0.3, 0.4) is 0 Å². The smallest absolute Gasteiger partial charge is 0.240 e. The largest absolute Gasteiger partial charge is 0.244 e. The van der Waals surface area contributed by atoms with E-state index in [1.165, 1.54) is 24.8 Å². The average Bonchev–Trinajstić information content (AvgIpc) is 3.17. The van der Waals surface area contributed by atoms with Crippen molar-refractivity contribution in [2.24, 2.45) is 7.05 Å². The lowest BCUT2D eigenvalue weighted by Gasteiger charge is -1.98. The van der Waals surface area contributed by atoms with Crippen LogP contribution >= 0.6 is 0 Å². The fraction of sp³-hybridized carbons (Fsp3) is 0.368. The SMILES string of the molecule is Cn1cc[n+](CCCCC[n+]2ccn(Cc3ccccc3)c2)c1. The Morgan fingerprint density at radius 1 is 0.826 bits per heavy atom. The minimum Gasteiger partial charge on any atom is -0.240 e. The molecule has 1 aromatic carbocycles. The van der Waals surface area contributed by atoms with Gasteiger partial charge in [0, 0.05) is 0 Å². The van der Waals surface area contributed by atoms with E-state index >= 15 is 0 Å². The molecule has 2 aromatic heterocycles. The Bertz CT molecular complexity index is 712. The van der Waals surface area contributed by atoms with Gasteiger partial charge in [-0.05, 0) is 24.8 Å². The third kappa shape index (κ3) is 4.81. The molecule has 4 heteroatoms. The molecule has 120 valence electrons. The van der Waals surface area contributed by atoms with Gasteiger partial charge in [-0.25, -0.2) is 18.3 Å². The van der Waals surface area contributed by atoms with Gasteiger partial charge in [-0.1, -0.05) is 30.3 Å². The van der Waals surface area contributed by atoms with Gasteiger partial charge >= 0.3 is 0 Å². The van der Waals surface area contributed by atoms with Crippen molar-refractivity contribution >= 4 is 0 Å². The van der Waals surface area contributed by atoms with Gasteiger partial charge in [0.1, 0.15) is 31.3 Å². The molecule has 0 aliphatic carbocycles. The normalized spacial score (nSPS) is 11.0. The van der Waals surface area contributed by atoms with E-state index in [0.29, 0.717) is 0 Å². The zero-order valence-electron chi connectivity index (χ0n) is 13.9. The number of unbranched alkanes of at least 4 members (excludes halogenated alkanes) is 2. The topological polar surface area (TPSA) is 17.6 Å². The van der Waals surface area contributed by atoms with Crippen LogP contribution < -0.4 is 9.13 Å². The molecule has 0 saturated carbocycles. The van der Waals surface area contributed by atoms with E-state index in [0.717, 1.165) is 19.6 Å². The molecule has 0 aliphatic rings. The molecule has 0 spiro atoms. The summed E-state index contributed by atoms with van der Waals surface area (Å²) in [5.74, 6) is 0. The van der Waals surface area contributed by atoms with Gasteiger partial charge in [0.25, 0.3) is 0 Å². The van der Waals surface area contributed by atoms with Gasteiger partial charge in [-0.3, -0.25) is 0 Å². The average molecular weight is 310 g/mol. The maximum absolute atomic E-state index is 2.29. The molecule has 3 rings (SSSR count). The predicted molar refractivity (Wildman–Crippen MR) is 89.6 cm³/mol. The molecular weight excluding hydrogens is 284 g/mol. The summed E-state index contributed by atoms with van der Waals surface area (Å²) in [6, 6.07) is 10.6. The predicted octanol–water partition coefficient (Wildman–Crippen LogP) is 2.32. The Hall–Kier alpha value is -2.36. The first-order chi connectivity index (χ1) is 11.3. The Labute approximate surface area is 138 Å². The zero-order chi connectivity index (χ0) is 15.9. The molecule has 0 amide bonds. The van der Waals surface area contributed by atoms with E-state index < -0.39 is 0 Å². The fourth-order valence-electron chi connectivity index (χ4n) is 2.86. The Morgan fingerprint density at radius 3 is 2.22 bits per heavy atom. The van der Waals surface area contributed by atoms with Gasteiger partial charge in [0.05, 0.1) is 20.1 Å². The molecule has 0 radical (unpaired) electrons. The molecule has 2 heterocycles. The number of benzene rings is 1. The van der Waals surface area contributed by atoms with Crippen LogP contribution in [-0.4, -0.2) is 9.13 Å².